The highest BCUT2D eigenvalue weighted by Crippen LogP contribution is 2.14. The van der Waals surface area contributed by atoms with Crippen LogP contribution in [-0.2, 0) is 11.3 Å². The monoisotopic (exact) mass is 433 g/mol. The van der Waals surface area contributed by atoms with Gasteiger partial charge in [0, 0.05) is 33.2 Å². The Hall–Kier alpha value is -1.28. The first-order chi connectivity index (χ1) is 10.8. The molecule has 1 aromatic carbocycles. The van der Waals surface area contributed by atoms with E-state index in [-0.39, 0.29) is 24.0 Å². The number of hydrogen-bond acceptors (Lipinski definition) is 3. The van der Waals surface area contributed by atoms with Gasteiger partial charge in [-0.05, 0) is 24.6 Å². The summed E-state index contributed by atoms with van der Waals surface area (Å²) in [5.41, 5.74) is 1.11. The molecule has 1 aromatic rings. The van der Waals surface area contributed by atoms with Crippen molar-refractivity contribution in [3.63, 3.8) is 0 Å². The van der Waals surface area contributed by atoms with Crippen molar-refractivity contribution in [2.24, 2.45) is 4.99 Å². The normalized spacial score (nSPS) is 10.6. The largest absolute Gasteiger partial charge is 0.493 e. The number of ether oxygens (including phenoxy) is 2. The third-order valence-electron chi connectivity index (χ3n) is 2.84. The number of hydrogen-bond donors (Lipinski definition) is 2. The molecule has 0 heterocycles. The molecule has 2 N–H and O–H groups in total. The molecule has 0 spiro atoms. The number of methoxy groups -OCH3 is 1. The van der Waals surface area contributed by atoms with E-state index < -0.39 is 0 Å². The van der Waals surface area contributed by atoms with Crippen molar-refractivity contribution in [2.45, 2.75) is 19.9 Å². The van der Waals surface area contributed by atoms with Gasteiger partial charge in [-0.1, -0.05) is 18.2 Å². The molecule has 0 aliphatic heterocycles. The average Bonchev–Trinajstić information content (AvgIpc) is 2.54. The first-order valence-electron chi connectivity index (χ1n) is 7.64. The molecule has 0 unspecified atom stereocenters. The van der Waals surface area contributed by atoms with Gasteiger partial charge in [-0.3, -0.25) is 0 Å². The van der Waals surface area contributed by atoms with Gasteiger partial charge >= 0.3 is 0 Å². The van der Waals surface area contributed by atoms with Crippen molar-refractivity contribution in [3.8, 4) is 5.75 Å². The van der Waals surface area contributed by atoms with Gasteiger partial charge in [0.1, 0.15) is 5.75 Å². The number of nitrogens with one attached hydrogen (secondary N) is 2. The average molecular weight is 433 g/mol. The minimum absolute atomic E-state index is 0. The van der Waals surface area contributed by atoms with Gasteiger partial charge in [-0.15, -0.1) is 30.6 Å². The van der Waals surface area contributed by atoms with E-state index in [9.17, 15) is 0 Å². The topological polar surface area (TPSA) is 54.9 Å². The fraction of sp³-hybridized carbons (Fsp3) is 0.471. The SMILES string of the molecule is C=CCNC(=NCc1cccc(OCCCOC)c1)NCC.I. The number of nitrogens with zero attached hydrogens (tertiary/aromatic N) is 1. The summed E-state index contributed by atoms with van der Waals surface area (Å²) < 4.78 is 10.7. The van der Waals surface area contributed by atoms with E-state index in [1.165, 1.54) is 0 Å². The van der Waals surface area contributed by atoms with Gasteiger partial charge in [0.15, 0.2) is 5.96 Å². The van der Waals surface area contributed by atoms with Crippen LogP contribution in [0.1, 0.15) is 18.9 Å². The minimum Gasteiger partial charge on any atom is -0.493 e. The fourth-order valence-electron chi connectivity index (χ4n) is 1.81. The molecular formula is C17H28IN3O2. The Morgan fingerprint density at radius 2 is 2.13 bits per heavy atom. The Morgan fingerprint density at radius 1 is 1.30 bits per heavy atom. The zero-order valence-electron chi connectivity index (χ0n) is 14.0. The van der Waals surface area contributed by atoms with E-state index in [1.807, 2.05) is 31.2 Å². The van der Waals surface area contributed by atoms with Crippen LogP contribution in [-0.4, -0.2) is 39.4 Å². The van der Waals surface area contributed by atoms with Gasteiger partial charge < -0.3 is 20.1 Å². The first kappa shape index (κ1) is 21.7. The number of aliphatic imine (C=N–C) groups is 1. The standard InChI is InChI=1S/C17H27N3O2.HI/c1-4-10-19-17(18-5-2)20-14-15-8-6-9-16(13-15)22-12-7-11-21-3;/h4,6,8-9,13H,1,5,7,10-12,14H2,2-3H3,(H2,18,19,20);1H. The molecule has 5 nitrogen and oxygen atoms in total. The molecule has 0 bridgehead atoms. The van der Waals surface area contributed by atoms with Crippen LogP contribution in [0.3, 0.4) is 0 Å². The Kier molecular flexibility index (Phi) is 13.5. The van der Waals surface area contributed by atoms with Crippen molar-refractivity contribution < 1.29 is 9.47 Å². The molecular weight excluding hydrogens is 405 g/mol. The highest BCUT2D eigenvalue weighted by Gasteiger charge is 1.99. The highest BCUT2D eigenvalue weighted by atomic mass is 127. The number of rotatable bonds is 10. The molecule has 0 fully saturated rings. The lowest BCUT2D eigenvalue weighted by atomic mass is 10.2. The van der Waals surface area contributed by atoms with Crippen LogP contribution in [0.5, 0.6) is 5.75 Å². The predicted molar refractivity (Wildman–Crippen MR) is 107 cm³/mol. The van der Waals surface area contributed by atoms with Crippen LogP contribution in [0.2, 0.25) is 0 Å². The van der Waals surface area contributed by atoms with Gasteiger partial charge in [0.05, 0.1) is 13.2 Å². The molecule has 130 valence electrons. The lowest BCUT2D eigenvalue weighted by Gasteiger charge is -2.10. The van der Waals surface area contributed by atoms with Crippen molar-refractivity contribution in [2.75, 3.05) is 33.4 Å². The van der Waals surface area contributed by atoms with E-state index in [0.717, 1.165) is 30.2 Å². The molecule has 0 saturated carbocycles. The molecule has 0 saturated heterocycles. The molecule has 0 amide bonds. The lowest BCUT2D eigenvalue weighted by molar-refractivity contribution is 0.172. The summed E-state index contributed by atoms with van der Waals surface area (Å²) in [5.74, 6) is 1.65. The summed E-state index contributed by atoms with van der Waals surface area (Å²) in [4.78, 5) is 4.54. The molecule has 0 atom stereocenters. The smallest absolute Gasteiger partial charge is 0.191 e. The number of guanidine groups is 1. The Labute approximate surface area is 156 Å². The van der Waals surface area contributed by atoms with Gasteiger partial charge in [0.2, 0.25) is 0 Å². The van der Waals surface area contributed by atoms with Crippen LogP contribution in [0.4, 0.5) is 0 Å². The summed E-state index contributed by atoms with van der Waals surface area (Å²) in [6, 6.07) is 8.01. The summed E-state index contributed by atoms with van der Waals surface area (Å²) in [5, 5.41) is 6.38. The second kappa shape index (κ2) is 14.3. The second-order valence-electron chi connectivity index (χ2n) is 4.71. The molecule has 6 heteroatoms. The molecule has 1 rings (SSSR count). The van der Waals surface area contributed by atoms with Crippen molar-refractivity contribution in [3.05, 3.63) is 42.5 Å². The van der Waals surface area contributed by atoms with Crippen molar-refractivity contribution >= 4 is 29.9 Å². The van der Waals surface area contributed by atoms with Crippen LogP contribution in [0.25, 0.3) is 0 Å². The van der Waals surface area contributed by atoms with E-state index in [0.29, 0.717) is 26.3 Å². The summed E-state index contributed by atoms with van der Waals surface area (Å²) in [6.07, 6.45) is 2.69. The molecule has 0 aliphatic carbocycles. The summed E-state index contributed by atoms with van der Waals surface area (Å²) in [6.45, 7) is 9.22. The van der Waals surface area contributed by atoms with E-state index in [4.69, 9.17) is 9.47 Å². The van der Waals surface area contributed by atoms with Crippen molar-refractivity contribution in [1.29, 1.82) is 0 Å². The Morgan fingerprint density at radius 3 is 2.83 bits per heavy atom. The quantitative estimate of drug-likeness (QED) is 0.196. The minimum atomic E-state index is 0. The molecule has 0 aliphatic rings. The van der Waals surface area contributed by atoms with E-state index in [1.54, 1.807) is 13.2 Å². The number of halogens is 1. The van der Waals surface area contributed by atoms with Crippen molar-refractivity contribution in [1.82, 2.24) is 10.6 Å². The zero-order chi connectivity index (χ0) is 16.0. The maximum Gasteiger partial charge on any atom is 0.191 e. The molecule has 23 heavy (non-hydrogen) atoms. The van der Waals surface area contributed by atoms with E-state index >= 15 is 0 Å². The maximum absolute atomic E-state index is 5.69. The first-order valence-corrected chi connectivity index (χ1v) is 7.64. The van der Waals surface area contributed by atoms with Crippen LogP contribution in [0, 0.1) is 0 Å². The summed E-state index contributed by atoms with van der Waals surface area (Å²) in [7, 11) is 1.70. The third kappa shape index (κ3) is 10.2. The maximum atomic E-state index is 5.69. The molecule has 0 radical (unpaired) electrons. The van der Waals surface area contributed by atoms with Crippen LogP contribution in [0.15, 0.2) is 41.9 Å². The Balaban J connectivity index is 0.00000484. The van der Waals surface area contributed by atoms with Crippen LogP contribution >= 0.6 is 24.0 Å². The van der Waals surface area contributed by atoms with Gasteiger partial charge in [0.25, 0.3) is 0 Å². The van der Waals surface area contributed by atoms with Crippen LogP contribution < -0.4 is 15.4 Å². The third-order valence-corrected chi connectivity index (χ3v) is 2.84. The van der Waals surface area contributed by atoms with E-state index in [2.05, 4.69) is 22.2 Å². The zero-order valence-corrected chi connectivity index (χ0v) is 16.3. The fourth-order valence-corrected chi connectivity index (χ4v) is 1.81. The number of benzene rings is 1. The predicted octanol–water partition coefficient (Wildman–Crippen LogP) is 2.96. The summed E-state index contributed by atoms with van der Waals surface area (Å²) >= 11 is 0. The lowest BCUT2D eigenvalue weighted by Crippen LogP contribution is -2.37. The second-order valence-corrected chi connectivity index (χ2v) is 4.71. The highest BCUT2D eigenvalue weighted by molar-refractivity contribution is 14.0. The van der Waals surface area contributed by atoms with Gasteiger partial charge in [-0.2, -0.15) is 0 Å². The molecule has 0 aromatic heterocycles. The van der Waals surface area contributed by atoms with Gasteiger partial charge in [-0.25, -0.2) is 4.99 Å². The Bertz CT molecular complexity index is 467.